The van der Waals surface area contributed by atoms with Crippen LogP contribution in [-0.4, -0.2) is 12.3 Å². The van der Waals surface area contributed by atoms with Crippen LogP contribution in [0.4, 0.5) is 0 Å². The molecule has 0 fully saturated rings. The third kappa shape index (κ3) is 2.09. The summed E-state index contributed by atoms with van der Waals surface area (Å²) in [6.07, 6.45) is 0. The molecule has 2 aromatic carbocycles. The van der Waals surface area contributed by atoms with Gasteiger partial charge in [0.15, 0.2) is 5.78 Å². The molecular weight excluding hydrogens is 278 g/mol. The Morgan fingerprint density at radius 2 is 2.00 bits per heavy atom. The smallest absolute Gasteiger partial charge is 0.173 e. The number of thiophene rings is 1. The van der Waals surface area contributed by atoms with Gasteiger partial charge in [-0.1, -0.05) is 36.4 Å². The first kappa shape index (κ1) is 12.7. The van der Waals surface area contributed by atoms with E-state index in [1.165, 1.54) is 11.1 Å². The molecule has 3 heteroatoms. The van der Waals surface area contributed by atoms with E-state index in [2.05, 4.69) is 35.0 Å². The second-order valence-corrected chi connectivity index (χ2v) is 6.31. The molecule has 104 valence electrons. The summed E-state index contributed by atoms with van der Waals surface area (Å²) in [5.74, 6) is 0.144. The number of rotatable bonds is 2. The summed E-state index contributed by atoms with van der Waals surface area (Å²) in [4.78, 5) is 13.0. The molecule has 0 saturated carbocycles. The van der Waals surface area contributed by atoms with Gasteiger partial charge < -0.3 is 5.32 Å². The highest BCUT2D eigenvalue weighted by Gasteiger charge is 2.27. The minimum absolute atomic E-state index is 0.0809. The minimum atomic E-state index is -0.0809. The van der Waals surface area contributed by atoms with Crippen LogP contribution in [0, 0.1) is 0 Å². The Labute approximate surface area is 127 Å². The molecule has 0 saturated heterocycles. The summed E-state index contributed by atoms with van der Waals surface area (Å²) in [5.41, 5.74) is 3.27. The van der Waals surface area contributed by atoms with Gasteiger partial charge in [-0.15, -0.1) is 11.3 Å². The quantitative estimate of drug-likeness (QED) is 0.724. The monoisotopic (exact) mass is 293 g/mol. The van der Waals surface area contributed by atoms with Crippen molar-refractivity contribution in [1.82, 2.24) is 5.32 Å². The highest BCUT2D eigenvalue weighted by atomic mass is 32.1. The van der Waals surface area contributed by atoms with E-state index in [-0.39, 0.29) is 11.7 Å². The van der Waals surface area contributed by atoms with Crippen molar-refractivity contribution in [2.45, 2.75) is 12.5 Å². The van der Waals surface area contributed by atoms with Gasteiger partial charge in [0.05, 0.1) is 5.92 Å². The highest BCUT2D eigenvalue weighted by molar-refractivity contribution is 7.17. The van der Waals surface area contributed by atoms with Gasteiger partial charge in [0, 0.05) is 23.4 Å². The highest BCUT2D eigenvalue weighted by Crippen LogP contribution is 2.31. The lowest BCUT2D eigenvalue weighted by atomic mass is 9.85. The van der Waals surface area contributed by atoms with Gasteiger partial charge in [-0.05, 0) is 34.0 Å². The summed E-state index contributed by atoms with van der Waals surface area (Å²) in [6, 6.07) is 16.3. The number of carbonyl (C=O) groups is 1. The first-order valence-electron chi connectivity index (χ1n) is 7.13. The fraction of sp³-hybridized carbons (Fsp3) is 0.167. The van der Waals surface area contributed by atoms with Crippen molar-refractivity contribution in [2.24, 2.45) is 0 Å². The average molecular weight is 293 g/mol. The lowest BCUT2D eigenvalue weighted by Gasteiger charge is -2.25. The molecule has 1 N–H and O–H groups in total. The van der Waals surface area contributed by atoms with Crippen LogP contribution >= 0.6 is 11.3 Å². The van der Waals surface area contributed by atoms with Gasteiger partial charge in [-0.25, -0.2) is 0 Å². The summed E-state index contributed by atoms with van der Waals surface area (Å²) in [5, 5.41) is 6.57. The van der Waals surface area contributed by atoms with Crippen molar-refractivity contribution in [2.75, 3.05) is 6.54 Å². The van der Waals surface area contributed by atoms with Crippen molar-refractivity contribution >= 4 is 27.2 Å². The van der Waals surface area contributed by atoms with Crippen molar-refractivity contribution < 1.29 is 4.79 Å². The molecule has 1 atom stereocenters. The van der Waals surface area contributed by atoms with Gasteiger partial charge in [-0.3, -0.25) is 4.79 Å². The standard InChI is InChI=1S/C18H15NOS/c20-17(15-7-3-5-12-8-9-21-18(12)15)16-11-19-10-13-4-1-2-6-14(13)16/h1-9,16,19H,10-11H2. The fourth-order valence-corrected chi connectivity index (χ4v) is 4.02. The van der Waals surface area contributed by atoms with Crippen molar-refractivity contribution in [1.29, 1.82) is 0 Å². The Balaban J connectivity index is 1.81. The maximum Gasteiger partial charge on any atom is 0.173 e. The zero-order chi connectivity index (χ0) is 14.2. The molecule has 1 aromatic heterocycles. The van der Waals surface area contributed by atoms with E-state index in [1.54, 1.807) is 11.3 Å². The molecular formula is C18H15NOS. The van der Waals surface area contributed by atoms with Crippen molar-refractivity contribution in [3.05, 3.63) is 70.6 Å². The number of hydrogen-bond acceptors (Lipinski definition) is 3. The van der Waals surface area contributed by atoms with E-state index in [9.17, 15) is 4.79 Å². The van der Waals surface area contributed by atoms with E-state index in [4.69, 9.17) is 0 Å². The Bertz CT molecular complexity index is 821. The normalized spacial score (nSPS) is 17.6. The van der Waals surface area contributed by atoms with E-state index in [0.29, 0.717) is 0 Å². The Morgan fingerprint density at radius 3 is 2.95 bits per heavy atom. The zero-order valence-electron chi connectivity index (χ0n) is 11.5. The molecule has 0 amide bonds. The van der Waals surface area contributed by atoms with Crippen LogP contribution < -0.4 is 5.32 Å². The van der Waals surface area contributed by atoms with Gasteiger partial charge in [-0.2, -0.15) is 0 Å². The predicted molar refractivity (Wildman–Crippen MR) is 87.0 cm³/mol. The number of hydrogen-bond donors (Lipinski definition) is 1. The SMILES string of the molecule is O=C(c1cccc2ccsc12)C1CNCc2ccccc21. The number of ketones is 1. The Hall–Kier alpha value is -1.97. The van der Waals surface area contributed by atoms with Crippen LogP contribution in [0.2, 0.25) is 0 Å². The summed E-state index contributed by atoms with van der Waals surface area (Å²) < 4.78 is 1.10. The maximum absolute atomic E-state index is 13.0. The van der Waals surface area contributed by atoms with Crippen LogP contribution in [-0.2, 0) is 6.54 Å². The third-order valence-corrected chi connectivity index (χ3v) is 5.12. The van der Waals surface area contributed by atoms with E-state index < -0.39 is 0 Å². The molecule has 21 heavy (non-hydrogen) atoms. The summed E-state index contributed by atoms with van der Waals surface area (Å²) >= 11 is 1.65. The second kappa shape index (κ2) is 5.10. The number of benzene rings is 2. The number of carbonyl (C=O) groups excluding carboxylic acids is 1. The molecule has 1 unspecified atom stereocenters. The first-order chi connectivity index (χ1) is 10.3. The second-order valence-electron chi connectivity index (χ2n) is 5.39. The van der Waals surface area contributed by atoms with Crippen molar-refractivity contribution in [3.63, 3.8) is 0 Å². The van der Waals surface area contributed by atoms with Crippen LogP contribution in [0.25, 0.3) is 10.1 Å². The van der Waals surface area contributed by atoms with Gasteiger partial charge in [0.2, 0.25) is 0 Å². The largest absolute Gasteiger partial charge is 0.312 e. The van der Waals surface area contributed by atoms with Crippen LogP contribution in [0.1, 0.15) is 27.4 Å². The zero-order valence-corrected chi connectivity index (χ0v) is 12.3. The van der Waals surface area contributed by atoms with Gasteiger partial charge in [0.25, 0.3) is 0 Å². The summed E-state index contributed by atoms with van der Waals surface area (Å²) in [6.45, 7) is 1.57. The minimum Gasteiger partial charge on any atom is -0.312 e. The van der Waals surface area contributed by atoms with Crippen LogP contribution in [0.3, 0.4) is 0 Å². The number of fused-ring (bicyclic) bond motifs is 2. The van der Waals surface area contributed by atoms with E-state index in [0.717, 1.165) is 28.7 Å². The molecule has 0 aliphatic carbocycles. The molecule has 1 aliphatic heterocycles. The van der Waals surface area contributed by atoms with E-state index >= 15 is 0 Å². The molecule has 0 bridgehead atoms. The molecule has 3 aromatic rings. The Morgan fingerprint density at radius 1 is 1.10 bits per heavy atom. The predicted octanol–water partition coefficient (Wildman–Crippen LogP) is 3.97. The van der Waals surface area contributed by atoms with Crippen molar-refractivity contribution in [3.8, 4) is 0 Å². The molecule has 0 spiro atoms. The lowest BCUT2D eigenvalue weighted by molar-refractivity contribution is 0.0957. The lowest BCUT2D eigenvalue weighted by Crippen LogP contribution is -2.32. The van der Waals surface area contributed by atoms with Crippen LogP contribution in [0.15, 0.2) is 53.9 Å². The number of Topliss-reactive ketones (excluding diaryl/α,β-unsaturated/α-hetero) is 1. The molecule has 4 rings (SSSR count). The topological polar surface area (TPSA) is 29.1 Å². The molecule has 2 heterocycles. The third-order valence-electron chi connectivity index (χ3n) is 4.16. The molecule has 0 radical (unpaired) electrons. The summed E-state index contributed by atoms with van der Waals surface area (Å²) in [7, 11) is 0. The average Bonchev–Trinajstić information content (AvgIpc) is 3.02. The van der Waals surface area contributed by atoms with Gasteiger partial charge >= 0.3 is 0 Å². The Kier molecular flexibility index (Phi) is 3.09. The van der Waals surface area contributed by atoms with E-state index in [1.807, 2.05) is 24.3 Å². The first-order valence-corrected chi connectivity index (χ1v) is 8.01. The molecule has 2 nitrogen and oxygen atoms in total. The fourth-order valence-electron chi connectivity index (χ4n) is 3.10. The maximum atomic E-state index is 13.0. The van der Waals surface area contributed by atoms with Gasteiger partial charge in [0.1, 0.15) is 0 Å². The number of nitrogens with one attached hydrogen (secondary N) is 1. The molecule has 1 aliphatic rings. The van der Waals surface area contributed by atoms with Crippen LogP contribution in [0.5, 0.6) is 0 Å².